The van der Waals surface area contributed by atoms with Crippen molar-refractivity contribution >= 4 is 11.6 Å². The number of nitrogens with one attached hydrogen (secondary N) is 1. The van der Waals surface area contributed by atoms with E-state index in [9.17, 15) is 4.79 Å². The van der Waals surface area contributed by atoms with Crippen molar-refractivity contribution in [1.29, 1.82) is 0 Å². The minimum Gasteiger partial charge on any atom is -0.486 e. The lowest BCUT2D eigenvalue weighted by Crippen LogP contribution is -2.24. The van der Waals surface area contributed by atoms with E-state index in [1.807, 2.05) is 62.3 Å². The van der Waals surface area contributed by atoms with E-state index in [0.717, 1.165) is 28.3 Å². The largest absolute Gasteiger partial charge is 0.486 e. The Morgan fingerprint density at radius 1 is 1.12 bits per heavy atom. The second-order valence-corrected chi connectivity index (χ2v) is 6.05. The first-order valence-corrected chi connectivity index (χ1v) is 7.99. The van der Waals surface area contributed by atoms with E-state index >= 15 is 0 Å². The molecule has 0 radical (unpaired) electrons. The predicted octanol–water partition coefficient (Wildman–Crippen LogP) is 2.76. The molecule has 0 fully saturated rings. The first-order chi connectivity index (χ1) is 11.5. The Kier molecular flexibility index (Phi) is 4.60. The number of hydrogen-bond acceptors (Lipinski definition) is 4. The molecule has 1 aliphatic rings. The number of nitrogens with zero attached hydrogens (tertiary/aromatic N) is 1. The maximum absolute atomic E-state index is 12.4. The highest BCUT2D eigenvalue weighted by Crippen LogP contribution is 2.32. The quantitative estimate of drug-likeness (QED) is 0.939. The number of benzene rings is 2. The highest BCUT2D eigenvalue weighted by atomic mass is 16.6. The zero-order valence-electron chi connectivity index (χ0n) is 14.3. The lowest BCUT2D eigenvalue weighted by molar-refractivity contribution is 0.0951. The Balaban J connectivity index is 1.71. The van der Waals surface area contributed by atoms with E-state index in [1.165, 1.54) is 0 Å². The fraction of sp³-hybridized carbons (Fsp3) is 0.316. The molecule has 0 spiro atoms. The topological polar surface area (TPSA) is 50.8 Å². The molecule has 1 heterocycles. The number of aryl methyl sites for hydroxylation is 1. The minimum absolute atomic E-state index is 0.0898. The summed E-state index contributed by atoms with van der Waals surface area (Å²) in [5, 5.41) is 2.98. The van der Waals surface area contributed by atoms with Crippen molar-refractivity contribution in [2.75, 3.05) is 32.2 Å². The third-order valence-corrected chi connectivity index (χ3v) is 4.06. The molecular weight excluding hydrogens is 304 g/mol. The zero-order valence-corrected chi connectivity index (χ0v) is 14.3. The number of carbonyl (C=O) groups excluding carboxylic acids is 1. The third-order valence-electron chi connectivity index (χ3n) is 4.06. The Morgan fingerprint density at radius 3 is 2.54 bits per heavy atom. The molecule has 1 amide bonds. The smallest absolute Gasteiger partial charge is 0.251 e. The number of fused-ring (bicyclic) bond motifs is 1. The summed E-state index contributed by atoms with van der Waals surface area (Å²) in [6.45, 7) is 3.59. The van der Waals surface area contributed by atoms with E-state index in [1.54, 1.807) is 0 Å². The molecule has 5 heteroatoms. The standard InChI is InChI=1S/C19H22N2O3/c1-13-9-17-18(24-8-7-23-17)11-15(13)12-20-19(22)14-5-4-6-16(10-14)21(2)3/h4-6,9-11H,7-8,12H2,1-3H3,(H,20,22). The van der Waals surface area contributed by atoms with Gasteiger partial charge in [0.05, 0.1) is 0 Å². The summed E-state index contributed by atoms with van der Waals surface area (Å²) in [4.78, 5) is 14.4. The molecule has 2 aromatic carbocycles. The van der Waals surface area contributed by atoms with E-state index in [-0.39, 0.29) is 5.91 Å². The first kappa shape index (κ1) is 16.2. The number of rotatable bonds is 4. The summed E-state index contributed by atoms with van der Waals surface area (Å²) in [6.07, 6.45) is 0. The van der Waals surface area contributed by atoms with E-state index in [4.69, 9.17) is 9.47 Å². The molecule has 0 saturated heterocycles. The van der Waals surface area contributed by atoms with Crippen LogP contribution in [-0.2, 0) is 6.54 Å². The molecule has 5 nitrogen and oxygen atoms in total. The molecule has 3 rings (SSSR count). The Morgan fingerprint density at radius 2 is 1.83 bits per heavy atom. The van der Waals surface area contributed by atoms with Gasteiger partial charge < -0.3 is 19.7 Å². The molecule has 0 aliphatic carbocycles. The van der Waals surface area contributed by atoms with Gasteiger partial charge in [0.15, 0.2) is 11.5 Å². The van der Waals surface area contributed by atoms with Crippen LogP contribution in [0.3, 0.4) is 0 Å². The first-order valence-electron chi connectivity index (χ1n) is 7.99. The van der Waals surface area contributed by atoms with Crippen LogP contribution in [0.5, 0.6) is 11.5 Å². The summed E-state index contributed by atoms with van der Waals surface area (Å²) in [6, 6.07) is 11.5. The average Bonchev–Trinajstić information content (AvgIpc) is 2.59. The van der Waals surface area contributed by atoms with Crippen LogP contribution in [0, 0.1) is 6.92 Å². The van der Waals surface area contributed by atoms with E-state index in [2.05, 4.69) is 5.32 Å². The van der Waals surface area contributed by atoms with Crippen molar-refractivity contribution in [2.24, 2.45) is 0 Å². The predicted molar refractivity (Wildman–Crippen MR) is 94.1 cm³/mol. The highest BCUT2D eigenvalue weighted by molar-refractivity contribution is 5.95. The second kappa shape index (κ2) is 6.83. The van der Waals surface area contributed by atoms with Crippen LogP contribution in [0.15, 0.2) is 36.4 Å². The van der Waals surface area contributed by atoms with Gasteiger partial charge in [0.25, 0.3) is 5.91 Å². The second-order valence-electron chi connectivity index (χ2n) is 6.05. The maximum Gasteiger partial charge on any atom is 0.251 e. The molecule has 2 aromatic rings. The van der Waals surface area contributed by atoms with Crippen LogP contribution in [0.25, 0.3) is 0 Å². The lowest BCUT2D eigenvalue weighted by atomic mass is 10.1. The molecule has 0 saturated carbocycles. The van der Waals surface area contributed by atoms with E-state index < -0.39 is 0 Å². The molecule has 24 heavy (non-hydrogen) atoms. The van der Waals surface area contributed by atoms with Crippen LogP contribution in [0.4, 0.5) is 5.69 Å². The number of amides is 1. The van der Waals surface area contributed by atoms with E-state index in [0.29, 0.717) is 25.3 Å². The number of ether oxygens (including phenoxy) is 2. The molecule has 0 aromatic heterocycles. The van der Waals surface area contributed by atoms with Crippen LogP contribution in [-0.4, -0.2) is 33.2 Å². The van der Waals surface area contributed by atoms with Crippen molar-refractivity contribution in [3.63, 3.8) is 0 Å². The zero-order chi connectivity index (χ0) is 17.1. The van der Waals surface area contributed by atoms with Crippen molar-refractivity contribution in [3.8, 4) is 11.5 Å². The van der Waals surface area contributed by atoms with Crippen LogP contribution in [0.1, 0.15) is 21.5 Å². The minimum atomic E-state index is -0.0898. The molecule has 0 unspecified atom stereocenters. The van der Waals surface area contributed by atoms with Gasteiger partial charge in [0.1, 0.15) is 13.2 Å². The Bertz CT molecular complexity index is 756. The molecular formula is C19H22N2O3. The van der Waals surface area contributed by atoms with Crippen LogP contribution < -0.4 is 19.7 Å². The SMILES string of the molecule is Cc1cc2c(cc1CNC(=O)c1cccc(N(C)C)c1)OCCO2. The Hall–Kier alpha value is -2.69. The van der Waals surface area contributed by atoms with Gasteiger partial charge in [-0.05, 0) is 48.4 Å². The lowest BCUT2D eigenvalue weighted by Gasteiger charge is -2.20. The summed E-state index contributed by atoms with van der Waals surface area (Å²) < 4.78 is 11.2. The summed E-state index contributed by atoms with van der Waals surface area (Å²) in [5.41, 5.74) is 3.74. The number of hydrogen-bond donors (Lipinski definition) is 1. The average molecular weight is 326 g/mol. The fourth-order valence-corrected chi connectivity index (χ4v) is 2.63. The maximum atomic E-state index is 12.4. The van der Waals surface area contributed by atoms with Gasteiger partial charge in [0.2, 0.25) is 0 Å². The van der Waals surface area contributed by atoms with Gasteiger partial charge in [0, 0.05) is 31.9 Å². The van der Waals surface area contributed by atoms with Gasteiger partial charge in [-0.1, -0.05) is 6.07 Å². The van der Waals surface area contributed by atoms with Crippen molar-refractivity contribution in [1.82, 2.24) is 5.32 Å². The van der Waals surface area contributed by atoms with Crippen molar-refractivity contribution in [2.45, 2.75) is 13.5 Å². The molecule has 0 bridgehead atoms. The van der Waals surface area contributed by atoms with Crippen molar-refractivity contribution in [3.05, 3.63) is 53.1 Å². The van der Waals surface area contributed by atoms with Gasteiger partial charge in [-0.25, -0.2) is 0 Å². The normalized spacial score (nSPS) is 12.6. The molecule has 1 aliphatic heterocycles. The van der Waals surface area contributed by atoms with Crippen molar-refractivity contribution < 1.29 is 14.3 Å². The van der Waals surface area contributed by atoms with Crippen LogP contribution >= 0.6 is 0 Å². The Labute approximate surface area is 142 Å². The third kappa shape index (κ3) is 3.45. The molecule has 0 atom stereocenters. The summed E-state index contributed by atoms with van der Waals surface area (Å²) in [7, 11) is 3.91. The van der Waals surface area contributed by atoms with Gasteiger partial charge in [-0.3, -0.25) is 4.79 Å². The van der Waals surface area contributed by atoms with Crippen LogP contribution in [0.2, 0.25) is 0 Å². The molecule has 1 N–H and O–H groups in total. The van der Waals surface area contributed by atoms with Gasteiger partial charge in [-0.2, -0.15) is 0 Å². The highest BCUT2D eigenvalue weighted by Gasteiger charge is 2.15. The molecule has 126 valence electrons. The fourth-order valence-electron chi connectivity index (χ4n) is 2.63. The summed E-state index contributed by atoms with van der Waals surface area (Å²) in [5.74, 6) is 1.42. The number of anilines is 1. The van der Waals surface area contributed by atoms with Gasteiger partial charge in [-0.15, -0.1) is 0 Å². The monoisotopic (exact) mass is 326 g/mol. The summed E-state index contributed by atoms with van der Waals surface area (Å²) >= 11 is 0. The number of carbonyl (C=O) groups is 1. The van der Waals surface area contributed by atoms with Gasteiger partial charge >= 0.3 is 0 Å².